The Morgan fingerprint density at radius 1 is 1.14 bits per heavy atom. The van der Waals surface area contributed by atoms with E-state index in [4.69, 9.17) is 0 Å². The number of hydrogen-bond donors (Lipinski definition) is 2. The number of rotatable bonds is 6. The molecule has 0 saturated carbocycles. The van der Waals surface area contributed by atoms with Crippen molar-refractivity contribution in [3.05, 3.63) is 78.0 Å². The second kappa shape index (κ2) is 9.22. The lowest BCUT2D eigenvalue weighted by molar-refractivity contribution is -0.137. The van der Waals surface area contributed by atoms with Crippen LogP contribution in [0.2, 0.25) is 0 Å². The molecular weight excluding hydrogens is 381 g/mol. The molecule has 6 nitrogen and oxygen atoms in total. The summed E-state index contributed by atoms with van der Waals surface area (Å²) in [4.78, 5) is 12.8. The maximum Gasteiger partial charge on any atom is 0.416 e. The molecule has 1 aromatic carbocycles. The molecule has 0 aliphatic rings. The van der Waals surface area contributed by atoms with Gasteiger partial charge in [0.05, 0.1) is 12.1 Å². The molecule has 0 unspecified atom stereocenters. The molecule has 3 rings (SSSR count). The van der Waals surface area contributed by atoms with E-state index in [1.54, 1.807) is 35.6 Å². The highest BCUT2D eigenvalue weighted by atomic mass is 19.4. The number of alkyl halides is 3. The summed E-state index contributed by atoms with van der Waals surface area (Å²) in [6.07, 6.45) is 2.53. The quantitative estimate of drug-likeness (QED) is 0.489. The number of nitrogens with one attached hydrogen (secondary N) is 2. The number of guanidine groups is 1. The average molecular weight is 402 g/mol. The van der Waals surface area contributed by atoms with Gasteiger partial charge >= 0.3 is 6.18 Å². The van der Waals surface area contributed by atoms with Gasteiger partial charge in [0.2, 0.25) is 0 Å². The van der Waals surface area contributed by atoms with Crippen molar-refractivity contribution >= 4 is 5.96 Å². The van der Waals surface area contributed by atoms with Gasteiger partial charge in [-0.15, -0.1) is 0 Å². The first-order chi connectivity index (χ1) is 14.0. The lowest BCUT2D eigenvalue weighted by atomic mass is 10.1. The van der Waals surface area contributed by atoms with Crippen LogP contribution in [-0.2, 0) is 19.3 Å². The lowest BCUT2D eigenvalue weighted by Crippen LogP contribution is -2.36. The summed E-state index contributed by atoms with van der Waals surface area (Å²) in [5.74, 6) is 1.27. The van der Waals surface area contributed by atoms with Gasteiger partial charge in [-0.25, -0.2) is 15.0 Å². The molecule has 0 aliphatic heterocycles. The van der Waals surface area contributed by atoms with E-state index >= 15 is 0 Å². The Morgan fingerprint density at radius 3 is 2.66 bits per heavy atom. The van der Waals surface area contributed by atoms with Crippen molar-refractivity contribution in [2.24, 2.45) is 4.99 Å². The molecule has 2 heterocycles. The highest BCUT2D eigenvalue weighted by Gasteiger charge is 2.30. The highest BCUT2D eigenvalue weighted by molar-refractivity contribution is 5.79. The summed E-state index contributed by atoms with van der Waals surface area (Å²) < 4.78 is 40.3. The Kier molecular flexibility index (Phi) is 6.48. The summed E-state index contributed by atoms with van der Waals surface area (Å²) in [6, 6.07) is 9.03. The third-order valence-electron chi connectivity index (χ3n) is 4.06. The van der Waals surface area contributed by atoms with Gasteiger partial charge in [0.25, 0.3) is 0 Å². The minimum Gasteiger partial charge on any atom is -0.357 e. The van der Waals surface area contributed by atoms with Crippen LogP contribution in [0.25, 0.3) is 5.82 Å². The zero-order valence-electron chi connectivity index (χ0n) is 15.8. The van der Waals surface area contributed by atoms with Crippen LogP contribution in [0, 0.1) is 0 Å². The molecule has 9 heteroatoms. The van der Waals surface area contributed by atoms with E-state index in [1.165, 1.54) is 6.07 Å². The van der Waals surface area contributed by atoms with Crippen LogP contribution in [0.5, 0.6) is 0 Å². The van der Waals surface area contributed by atoms with Crippen molar-refractivity contribution in [3.63, 3.8) is 0 Å². The summed E-state index contributed by atoms with van der Waals surface area (Å²) in [5.41, 5.74) is 0.768. The molecule has 0 aliphatic carbocycles. The van der Waals surface area contributed by atoms with Gasteiger partial charge in [0, 0.05) is 31.7 Å². The van der Waals surface area contributed by atoms with Crippen LogP contribution >= 0.6 is 0 Å². The first-order valence-corrected chi connectivity index (χ1v) is 9.07. The minimum absolute atomic E-state index is 0.230. The maximum absolute atomic E-state index is 12.8. The van der Waals surface area contributed by atoms with E-state index < -0.39 is 11.7 Å². The van der Waals surface area contributed by atoms with Gasteiger partial charge in [-0.1, -0.05) is 18.2 Å². The predicted octanol–water partition coefficient (Wildman–Crippen LogP) is 3.54. The van der Waals surface area contributed by atoms with Crippen LogP contribution in [0.4, 0.5) is 13.2 Å². The molecule has 0 bridgehead atoms. The van der Waals surface area contributed by atoms with E-state index in [1.807, 2.05) is 19.1 Å². The molecular formula is C20H21F3N6. The van der Waals surface area contributed by atoms with E-state index in [2.05, 4.69) is 25.6 Å². The van der Waals surface area contributed by atoms with Crippen molar-refractivity contribution in [3.8, 4) is 5.82 Å². The van der Waals surface area contributed by atoms with Gasteiger partial charge in [0.1, 0.15) is 12.1 Å². The number of nitrogens with zero attached hydrogens (tertiary/aromatic N) is 4. The number of hydrogen-bond acceptors (Lipinski definition) is 3. The van der Waals surface area contributed by atoms with Crippen molar-refractivity contribution in [1.82, 2.24) is 25.2 Å². The minimum atomic E-state index is -4.36. The fourth-order valence-electron chi connectivity index (χ4n) is 2.61. The Bertz CT molecular complexity index is 934. The number of imidazole rings is 1. The van der Waals surface area contributed by atoms with Gasteiger partial charge in [-0.05, 0) is 36.2 Å². The Morgan fingerprint density at radius 2 is 2.00 bits per heavy atom. The average Bonchev–Trinajstić information content (AvgIpc) is 3.25. The zero-order valence-corrected chi connectivity index (χ0v) is 15.8. The molecule has 3 aromatic rings. The van der Waals surface area contributed by atoms with E-state index in [9.17, 15) is 13.2 Å². The maximum atomic E-state index is 12.8. The van der Waals surface area contributed by atoms with Gasteiger partial charge < -0.3 is 10.6 Å². The largest absolute Gasteiger partial charge is 0.416 e. The van der Waals surface area contributed by atoms with Gasteiger partial charge in [0.15, 0.2) is 5.96 Å². The first-order valence-electron chi connectivity index (χ1n) is 9.07. The van der Waals surface area contributed by atoms with Crippen LogP contribution in [-0.4, -0.2) is 27.0 Å². The highest BCUT2D eigenvalue weighted by Crippen LogP contribution is 2.29. The molecule has 0 amide bonds. The van der Waals surface area contributed by atoms with E-state index in [0.29, 0.717) is 24.6 Å². The van der Waals surface area contributed by atoms with E-state index in [-0.39, 0.29) is 6.54 Å². The Hall–Kier alpha value is -3.36. The first kappa shape index (κ1) is 20.4. The Labute approximate surface area is 166 Å². The van der Waals surface area contributed by atoms with E-state index in [0.717, 1.165) is 23.5 Å². The normalized spacial score (nSPS) is 12.1. The SMILES string of the molecule is CCNC(=NCc1ccc(-n2ccnc2)nc1)NCc1cccc(C(F)(F)F)c1. The van der Waals surface area contributed by atoms with Crippen LogP contribution in [0.15, 0.2) is 66.3 Å². The topological polar surface area (TPSA) is 67.1 Å². The number of aromatic nitrogens is 3. The van der Waals surface area contributed by atoms with Crippen molar-refractivity contribution in [2.75, 3.05) is 6.54 Å². The van der Waals surface area contributed by atoms with Crippen molar-refractivity contribution in [2.45, 2.75) is 26.2 Å². The van der Waals surface area contributed by atoms with Gasteiger partial charge in [-0.2, -0.15) is 13.2 Å². The fourth-order valence-corrected chi connectivity index (χ4v) is 2.61. The molecule has 0 spiro atoms. The molecule has 2 N–H and O–H groups in total. The molecule has 0 atom stereocenters. The summed E-state index contributed by atoms with van der Waals surface area (Å²) >= 11 is 0. The van der Waals surface area contributed by atoms with Crippen LogP contribution in [0.1, 0.15) is 23.6 Å². The Balaban J connectivity index is 1.63. The second-order valence-corrected chi connectivity index (χ2v) is 6.24. The van der Waals surface area contributed by atoms with Crippen LogP contribution < -0.4 is 10.6 Å². The second-order valence-electron chi connectivity index (χ2n) is 6.24. The number of pyridine rings is 1. The smallest absolute Gasteiger partial charge is 0.357 e. The van der Waals surface area contributed by atoms with Crippen LogP contribution in [0.3, 0.4) is 0 Å². The lowest BCUT2D eigenvalue weighted by Gasteiger charge is -2.13. The fraction of sp³-hybridized carbons (Fsp3) is 0.250. The molecule has 29 heavy (non-hydrogen) atoms. The van der Waals surface area contributed by atoms with Crippen molar-refractivity contribution in [1.29, 1.82) is 0 Å². The summed E-state index contributed by atoms with van der Waals surface area (Å²) in [6.45, 7) is 3.16. The van der Waals surface area contributed by atoms with Crippen molar-refractivity contribution < 1.29 is 13.2 Å². The monoisotopic (exact) mass is 402 g/mol. The summed E-state index contributed by atoms with van der Waals surface area (Å²) in [7, 11) is 0. The molecule has 0 saturated heterocycles. The standard InChI is InChI=1S/C20H21F3N6/c1-2-25-19(27-11-15-4-3-5-17(10-15)20(21,22)23)28-13-16-6-7-18(26-12-16)29-9-8-24-14-29/h3-10,12,14H,2,11,13H2,1H3,(H2,25,27,28). The number of aliphatic imine (C=N–C) groups is 1. The molecule has 152 valence electrons. The van der Waals surface area contributed by atoms with Gasteiger partial charge in [-0.3, -0.25) is 4.57 Å². The summed E-state index contributed by atoms with van der Waals surface area (Å²) in [5, 5.41) is 6.14. The predicted molar refractivity (Wildman–Crippen MR) is 104 cm³/mol. The third kappa shape index (κ3) is 5.81. The molecule has 0 radical (unpaired) electrons. The number of benzene rings is 1. The number of halogens is 3. The zero-order chi connectivity index (χ0) is 20.7. The third-order valence-corrected chi connectivity index (χ3v) is 4.06. The molecule has 0 fully saturated rings. The molecule has 2 aromatic heterocycles.